The maximum absolute atomic E-state index is 12.4. The van der Waals surface area contributed by atoms with Crippen molar-refractivity contribution in [3.05, 3.63) is 17.7 Å². The number of amides is 1. The predicted molar refractivity (Wildman–Crippen MR) is 80.5 cm³/mol. The van der Waals surface area contributed by atoms with Crippen molar-refractivity contribution >= 4 is 11.6 Å². The number of carbonyl (C=O) groups is 1. The Morgan fingerprint density at radius 1 is 1.24 bits per heavy atom. The summed E-state index contributed by atoms with van der Waals surface area (Å²) in [6, 6.07) is 3.55. The van der Waals surface area contributed by atoms with Crippen molar-refractivity contribution < 1.29 is 14.3 Å². The average Bonchev–Trinajstić information content (AvgIpc) is 2.87. The number of nitrogens with two attached hydrogens (primary N) is 1. The van der Waals surface area contributed by atoms with Gasteiger partial charge in [0, 0.05) is 17.8 Å². The number of fused-ring (bicyclic) bond motifs is 1. The molecule has 1 aliphatic carbocycles. The first-order chi connectivity index (χ1) is 9.94. The molecule has 21 heavy (non-hydrogen) atoms. The van der Waals surface area contributed by atoms with Crippen molar-refractivity contribution in [1.82, 2.24) is 5.32 Å². The van der Waals surface area contributed by atoms with Crippen LogP contribution in [0.1, 0.15) is 49.9 Å². The Morgan fingerprint density at radius 2 is 1.86 bits per heavy atom. The largest absolute Gasteiger partial charge is 0.454 e. The quantitative estimate of drug-likeness (QED) is 0.821. The van der Waals surface area contributed by atoms with Crippen molar-refractivity contribution in [2.75, 3.05) is 12.5 Å². The molecule has 5 nitrogen and oxygen atoms in total. The third-order valence-corrected chi connectivity index (χ3v) is 4.46. The van der Waals surface area contributed by atoms with Gasteiger partial charge in [-0.25, -0.2) is 0 Å². The molecule has 5 heteroatoms. The fourth-order valence-electron chi connectivity index (χ4n) is 2.96. The topological polar surface area (TPSA) is 73.6 Å². The van der Waals surface area contributed by atoms with E-state index in [4.69, 9.17) is 15.2 Å². The molecule has 0 spiro atoms. The van der Waals surface area contributed by atoms with E-state index in [0.717, 1.165) is 25.7 Å². The second kappa shape index (κ2) is 5.13. The van der Waals surface area contributed by atoms with E-state index in [0.29, 0.717) is 28.2 Å². The standard InChI is InChI=1S/C16H22N2O3/c1-16(2)5-3-10(4-6-16)18-15(19)11-7-13-14(8-12(11)17)21-9-20-13/h7-8,10H,3-6,9,17H2,1-2H3,(H,18,19). The molecule has 1 heterocycles. The first-order valence-corrected chi connectivity index (χ1v) is 7.45. The molecular formula is C16H22N2O3. The van der Waals surface area contributed by atoms with Crippen LogP contribution in [0.15, 0.2) is 12.1 Å². The molecule has 0 bridgehead atoms. The number of hydrogen-bond donors (Lipinski definition) is 2. The zero-order valence-electron chi connectivity index (χ0n) is 12.6. The Balaban J connectivity index is 1.69. The van der Waals surface area contributed by atoms with Gasteiger partial charge in [-0.15, -0.1) is 0 Å². The van der Waals surface area contributed by atoms with Gasteiger partial charge in [-0.3, -0.25) is 4.79 Å². The van der Waals surface area contributed by atoms with Crippen LogP contribution in [-0.4, -0.2) is 18.7 Å². The van der Waals surface area contributed by atoms with Gasteiger partial charge >= 0.3 is 0 Å². The normalized spacial score (nSPS) is 20.3. The minimum atomic E-state index is -0.129. The fraction of sp³-hybridized carbons (Fsp3) is 0.562. The van der Waals surface area contributed by atoms with Crippen LogP contribution in [0.2, 0.25) is 0 Å². The van der Waals surface area contributed by atoms with E-state index in [1.165, 1.54) is 0 Å². The minimum Gasteiger partial charge on any atom is -0.454 e. The van der Waals surface area contributed by atoms with Crippen LogP contribution >= 0.6 is 0 Å². The lowest BCUT2D eigenvalue weighted by Crippen LogP contribution is -2.39. The lowest BCUT2D eigenvalue weighted by Gasteiger charge is -2.34. The molecule has 0 saturated heterocycles. The molecule has 1 amide bonds. The van der Waals surface area contributed by atoms with Crippen LogP contribution < -0.4 is 20.5 Å². The van der Waals surface area contributed by atoms with Crippen LogP contribution in [0.25, 0.3) is 0 Å². The van der Waals surface area contributed by atoms with Gasteiger partial charge in [0.05, 0.1) is 5.56 Å². The number of benzene rings is 1. The number of nitrogens with one attached hydrogen (secondary N) is 1. The molecule has 2 aliphatic rings. The molecule has 1 aromatic rings. The summed E-state index contributed by atoms with van der Waals surface area (Å²) < 4.78 is 10.6. The van der Waals surface area contributed by atoms with Crippen LogP contribution in [-0.2, 0) is 0 Å². The molecular weight excluding hydrogens is 268 g/mol. The molecule has 1 saturated carbocycles. The molecule has 114 valence electrons. The van der Waals surface area contributed by atoms with Crippen molar-refractivity contribution in [2.45, 2.75) is 45.6 Å². The van der Waals surface area contributed by atoms with E-state index >= 15 is 0 Å². The van der Waals surface area contributed by atoms with Gasteiger partial charge in [0.25, 0.3) is 5.91 Å². The Labute approximate surface area is 124 Å². The van der Waals surface area contributed by atoms with Gasteiger partial charge in [-0.1, -0.05) is 13.8 Å². The summed E-state index contributed by atoms with van der Waals surface area (Å²) in [6.07, 6.45) is 4.30. The second-order valence-electron chi connectivity index (χ2n) is 6.70. The molecule has 0 aromatic heterocycles. The van der Waals surface area contributed by atoms with E-state index in [2.05, 4.69) is 19.2 Å². The predicted octanol–water partition coefficient (Wildman–Crippen LogP) is 2.70. The number of nitrogen functional groups attached to an aromatic ring is 1. The Kier molecular flexibility index (Phi) is 3.43. The lowest BCUT2D eigenvalue weighted by molar-refractivity contribution is 0.0909. The molecule has 3 N–H and O–H groups in total. The highest BCUT2D eigenvalue weighted by Gasteiger charge is 2.28. The van der Waals surface area contributed by atoms with E-state index in [9.17, 15) is 4.79 Å². The molecule has 1 aromatic carbocycles. The number of rotatable bonds is 2. The third-order valence-electron chi connectivity index (χ3n) is 4.46. The van der Waals surface area contributed by atoms with E-state index in [-0.39, 0.29) is 18.7 Å². The van der Waals surface area contributed by atoms with E-state index in [1.807, 2.05) is 0 Å². The summed E-state index contributed by atoms with van der Waals surface area (Å²) in [5.74, 6) is 1.05. The van der Waals surface area contributed by atoms with Gasteiger partial charge in [0.15, 0.2) is 11.5 Å². The second-order valence-corrected chi connectivity index (χ2v) is 6.70. The molecule has 3 rings (SSSR count). The Hall–Kier alpha value is -1.91. The Bertz CT molecular complexity index is 559. The number of carbonyl (C=O) groups excluding carboxylic acids is 1. The summed E-state index contributed by atoms with van der Waals surface area (Å²) in [5, 5.41) is 3.09. The molecule has 0 radical (unpaired) electrons. The zero-order valence-corrected chi connectivity index (χ0v) is 12.6. The fourth-order valence-corrected chi connectivity index (χ4v) is 2.96. The molecule has 0 atom stereocenters. The van der Waals surface area contributed by atoms with Crippen molar-refractivity contribution in [3.8, 4) is 11.5 Å². The molecule has 1 aliphatic heterocycles. The number of ether oxygens (including phenoxy) is 2. The van der Waals surface area contributed by atoms with Gasteiger partial charge in [-0.2, -0.15) is 0 Å². The summed E-state index contributed by atoms with van der Waals surface area (Å²) >= 11 is 0. The minimum absolute atomic E-state index is 0.129. The summed E-state index contributed by atoms with van der Waals surface area (Å²) in [6.45, 7) is 4.74. The maximum atomic E-state index is 12.4. The Morgan fingerprint density at radius 3 is 2.52 bits per heavy atom. The summed E-state index contributed by atoms with van der Waals surface area (Å²) in [7, 11) is 0. The van der Waals surface area contributed by atoms with Gasteiger partial charge in [0.2, 0.25) is 6.79 Å². The smallest absolute Gasteiger partial charge is 0.253 e. The van der Waals surface area contributed by atoms with Gasteiger partial charge in [-0.05, 0) is 37.2 Å². The highest BCUT2D eigenvalue weighted by Crippen LogP contribution is 2.37. The maximum Gasteiger partial charge on any atom is 0.253 e. The highest BCUT2D eigenvalue weighted by molar-refractivity contribution is 6.00. The summed E-state index contributed by atoms with van der Waals surface area (Å²) in [4.78, 5) is 12.4. The van der Waals surface area contributed by atoms with Crippen LogP contribution in [0.5, 0.6) is 11.5 Å². The van der Waals surface area contributed by atoms with E-state index in [1.54, 1.807) is 12.1 Å². The monoisotopic (exact) mass is 290 g/mol. The van der Waals surface area contributed by atoms with Gasteiger partial charge in [0.1, 0.15) is 0 Å². The van der Waals surface area contributed by atoms with Crippen molar-refractivity contribution in [3.63, 3.8) is 0 Å². The van der Waals surface area contributed by atoms with Gasteiger partial charge < -0.3 is 20.5 Å². The average molecular weight is 290 g/mol. The molecule has 1 fully saturated rings. The van der Waals surface area contributed by atoms with Crippen molar-refractivity contribution in [2.24, 2.45) is 5.41 Å². The van der Waals surface area contributed by atoms with E-state index < -0.39 is 0 Å². The van der Waals surface area contributed by atoms with Crippen LogP contribution in [0.4, 0.5) is 5.69 Å². The highest BCUT2D eigenvalue weighted by atomic mass is 16.7. The number of anilines is 1. The summed E-state index contributed by atoms with van der Waals surface area (Å²) in [5.41, 5.74) is 7.22. The van der Waals surface area contributed by atoms with Crippen LogP contribution in [0, 0.1) is 5.41 Å². The number of hydrogen-bond acceptors (Lipinski definition) is 4. The molecule has 0 unspecified atom stereocenters. The lowest BCUT2D eigenvalue weighted by atomic mass is 9.75. The SMILES string of the molecule is CC1(C)CCC(NC(=O)c2cc3c(cc2N)OCO3)CC1. The first-order valence-electron chi connectivity index (χ1n) is 7.45. The van der Waals surface area contributed by atoms with Crippen LogP contribution in [0.3, 0.4) is 0 Å². The third kappa shape index (κ3) is 2.91. The van der Waals surface area contributed by atoms with Crippen molar-refractivity contribution in [1.29, 1.82) is 0 Å². The first kappa shape index (κ1) is 14.0. The zero-order chi connectivity index (χ0) is 15.0.